The minimum atomic E-state index is 1.35. The van der Waals surface area contributed by atoms with Gasteiger partial charge in [0, 0.05) is 20.2 Å². The normalized spacial score (nSPS) is 11.3. The molecule has 0 aliphatic heterocycles. The van der Waals surface area contributed by atoms with Crippen LogP contribution in [0.2, 0.25) is 0 Å². The molecule has 0 saturated carbocycles. The third kappa shape index (κ3) is 1.89. The monoisotopic (exact) mass is 288 g/mol. The van der Waals surface area contributed by atoms with Crippen LogP contribution in [-0.4, -0.2) is 0 Å². The molecule has 0 nitrogen and oxygen atoms in total. The first-order valence-corrected chi connectivity index (χ1v) is 8.04. The van der Waals surface area contributed by atoms with Gasteiger partial charge in [-0.15, -0.1) is 11.3 Å². The summed E-state index contributed by atoms with van der Waals surface area (Å²) in [4.78, 5) is 0. The van der Waals surface area contributed by atoms with Crippen LogP contribution < -0.4 is 0 Å². The van der Waals surface area contributed by atoms with Crippen molar-refractivity contribution < 1.29 is 0 Å². The molecule has 0 N–H and O–H groups in total. The molecule has 1 heterocycles. The Balaban J connectivity index is 2.19. The number of aryl methyl sites for hydroxylation is 2. The van der Waals surface area contributed by atoms with E-state index in [9.17, 15) is 0 Å². The third-order valence-electron chi connectivity index (χ3n) is 4.15. The Labute approximate surface area is 128 Å². The molecular formula is C20H16S. The van der Waals surface area contributed by atoms with Crippen LogP contribution in [0.3, 0.4) is 0 Å². The molecule has 1 aromatic heterocycles. The predicted molar refractivity (Wildman–Crippen MR) is 94.2 cm³/mol. The first-order chi connectivity index (χ1) is 10.3. The molecule has 0 saturated heterocycles. The number of benzene rings is 3. The SMILES string of the molecule is Cc1cccc(C)c1-c1cccc2sc3ccccc3c12. The molecule has 4 rings (SSSR count). The molecule has 0 aliphatic rings. The second kappa shape index (κ2) is 4.71. The average molecular weight is 288 g/mol. The molecule has 0 bridgehead atoms. The fourth-order valence-electron chi connectivity index (χ4n) is 3.22. The molecule has 0 spiro atoms. The molecule has 102 valence electrons. The second-order valence-electron chi connectivity index (χ2n) is 5.54. The van der Waals surface area contributed by atoms with Crippen molar-refractivity contribution in [1.29, 1.82) is 0 Å². The highest BCUT2D eigenvalue weighted by Crippen LogP contribution is 2.41. The smallest absolute Gasteiger partial charge is 0.0361 e. The molecule has 0 atom stereocenters. The average Bonchev–Trinajstić information content (AvgIpc) is 2.86. The Kier molecular flexibility index (Phi) is 2.83. The van der Waals surface area contributed by atoms with Gasteiger partial charge in [0.2, 0.25) is 0 Å². The van der Waals surface area contributed by atoms with Crippen LogP contribution in [-0.2, 0) is 0 Å². The quantitative estimate of drug-likeness (QED) is 0.383. The van der Waals surface area contributed by atoms with Crippen molar-refractivity contribution in [2.75, 3.05) is 0 Å². The summed E-state index contributed by atoms with van der Waals surface area (Å²) in [5.74, 6) is 0. The zero-order chi connectivity index (χ0) is 14.4. The first-order valence-electron chi connectivity index (χ1n) is 7.22. The highest BCUT2D eigenvalue weighted by atomic mass is 32.1. The van der Waals surface area contributed by atoms with E-state index in [2.05, 4.69) is 74.5 Å². The number of hydrogen-bond donors (Lipinski definition) is 0. The lowest BCUT2D eigenvalue weighted by molar-refractivity contribution is 1.39. The van der Waals surface area contributed by atoms with Crippen molar-refractivity contribution in [2.24, 2.45) is 0 Å². The zero-order valence-corrected chi connectivity index (χ0v) is 13.0. The summed E-state index contributed by atoms with van der Waals surface area (Å²) < 4.78 is 2.74. The van der Waals surface area contributed by atoms with E-state index < -0.39 is 0 Å². The van der Waals surface area contributed by atoms with Crippen LogP contribution in [0.25, 0.3) is 31.3 Å². The maximum Gasteiger partial charge on any atom is 0.0361 e. The Morgan fingerprint density at radius 1 is 0.667 bits per heavy atom. The Morgan fingerprint density at radius 2 is 1.33 bits per heavy atom. The Morgan fingerprint density at radius 3 is 2.14 bits per heavy atom. The minimum Gasteiger partial charge on any atom is -0.135 e. The molecule has 0 unspecified atom stereocenters. The summed E-state index contributed by atoms with van der Waals surface area (Å²) in [6, 6.07) is 21.9. The minimum absolute atomic E-state index is 1.35. The van der Waals surface area contributed by atoms with Gasteiger partial charge in [-0.2, -0.15) is 0 Å². The highest BCUT2D eigenvalue weighted by Gasteiger charge is 2.13. The summed E-state index contributed by atoms with van der Waals surface area (Å²) in [6.45, 7) is 4.41. The summed E-state index contributed by atoms with van der Waals surface area (Å²) in [7, 11) is 0. The summed E-state index contributed by atoms with van der Waals surface area (Å²) in [5, 5.41) is 2.77. The van der Waals surface area contributed by atoms with Gasteiger partial charge in [0.15, 0.2) is 0 Å². The standard InChI is InChI=1S/C20H16S/c1-13-7-5-8-14(2)19(13)16-10-6-12-18-20(16)15-9-3-4-11-17(15)21-18/h3-12H,1-2H3. The van der Waals surface area contributed by atoms with E-state index in [1.165, 1.54) is 42.4 Å². The largest absolute Gasteiger partial charge is 0.135 e. The second-order valence-corrected chi connectivity index (χ2v) is 6.63. The fraction of sp³-hybridized carbons (Fsp3) is 0.100. The summed E-state index contributed by atoms with van der Waals surface area (Å²) in [6.07, 6.45) is 0. The molecule has 21 heavy (non-hydrogen) atoms. The van der Waals surface area contributed by atoms with Gasteiger partial charge in [-0.1, -0.05) is 48.5 Å². The highest BCUT2D eigenvalue weighted by molar-refractivity contribution is 7.25. The fourth-order valence-corrected chi connectivity index (χ4v) is 4.35. The van der Waals surface area contributed by atoms with Crippen LogP contribution in [0, 0.1) is 13.8 Å². The molecule has 3 aromatic carbocycles. The van der Waals surface area contributed by atoms with Gasteiger partial charge >= 0.3 is 0 Å². The molecule has 0 aliphatic carbocycles. The Hall–Kier alpha value is -2.12. The van der Waals surface area contributed by atoms with Crippen molar-refractivity contribution in [1.82, 2.24) is 0 Å². The lowest BCUT2D eigenvalue weighted by Gasteiger charge is -2.11. The lowest BCUT2D eigenvalue weighted by Crippen LogP contribution is -1.88. The van der Waals surface area contributed by atoms with Crippen LogP contribution in [0.5, 0.6) is 0 Å². The molecule has 0 radical (unpaired) electrons. The number of hydrogen-bond acceptors (Lipinski definition) is 1. The summed E-state index contributed by atoms with van der Waals surface area (Å²) >= 11 is 1.88. The van der Waals surface area contributed by atoms with Gasteiger partial charge in [-0.05, 0) is 48.2 Å². The third-order valence-corrected chi connectivity index (χ3v) is 5.29. The van der Waals surface area contributed by atoms with Crippen molar-refractivity contribution in [3.63, 3.8) is 0 Å². The molecular weight excluding hydrogens is 272 g/mol. The predicted octanol–water partition coefficient (Wildman–Crippen LogP) is 6.34. The van der Waals surface area contributed by atoms with Crippen molar-refractivity contribution in [2.45, 2.75) is 13.8 Å². The van der Waals surface area contributed by atoms with Crippen LogP contribution in [0.15, 0.2) is 60.7 Å². The van der Waals surface area contributed by atoms with Crippen LogP contribution in [0.4, 0.5) is 0 Å². The Bertz CT molecular complexity index is 940. The van der Waals surface area contributed by atoms with E-state index in [4.69, 9.17) is 0 Å². The van der Waals surface area contributed by atoms with E-state index in [0.717, 1.165) is 0 Å². The molecule has 1 heteroatoms. The maximum atomic E-state index is 2.26. The van der Waals surface area contributed by atoms with Crippen LogP contribution >= 0.6 is 11.3 Å². The van der Waals surface area contributed by atoms with E-state index in [1.54, 1.807) is 0 Å². The van der Waals surface area contributed by atoms with Crippen molar-refractivity contribution in [3.05, 3.63) is 71.8 Å². The van der Waals surface area contributed by atoms with Gasteiger partial charge < -0.3 is 0 Å². The maximum absolute atomic E-state index is 2.26. The van der Waals surface area contributed by atoms with Crippen molar-refractivity contribution in [3.8, 4) is 11.1 Å². The van der Waals surface area contributed by atoms with E-state index >= 15 is 0 Å². The first kappa shape index (κ1) is 12.6. The van der Waals surface area contributed by atoms with Gasteiger partial charge in [0.1, 0.15) is 0 Å². The van der Waals surface area contributed by atoms with Gasteiger partial charge in [-0.25, -0.2) is 0 Å². The topological polar surface area (TPSA) is 0 Å². The molecule has 0 fully saturated rings. The summed E-state index contributed by atoms with van der Waals surface area (Å²) in [5.41, 5.74) is 5.43. The zero-order valence-electron chi connectivity index (χ0n) is 12.2. The number of rotatable bonds is 1. The van der Waals surface area contributed by atoms with Gasteiger partial charge in [0.05, 0.1) is 0 Å². The van der Waals surface area contributed by atoms with E-state index in [-0.39, 0.29) is 0 Å². The van der Waals surface area contributed by atoms with Gasteiger partial charge in [-0.3, -0.25) is 0 Å². The number of fused-ring (bicyclic) bond motifs is 3. The molecule has 4 aromatic rings. The number of thiophene rings is 1. The van der Waals surface area contributed by atoms with E-state index in [0.29, 0.717) is 0 Å². The van der Waals surface area contributed by atoms with Crippen LogP contribution in [0.1, 0.15) is 11.1 Å². The lowest BCUT2D eigenvalue weighted by atomic mass is 9.92. The van der Waals surface area contributed by atoms with Crippen molar-refractivity contribution >= 4 is 31.5 Å². The molecule has 0 amide bonds. The van der Waals surface area contributed by atoms with Gasteiger partial charge in [0.25, 0.3) is 0 Å². The van der Waals surface area contributed by atoms with E-state index in [1.807, 2.05) is 11.3 Å².